The molecule has 1 atom stereocenters. The maximum Gasteiger partial charge on any atom is 0.273 e. The molecule has 3 aromatic rings. The van der Waals surface area contributed by atoms with Gasteiger partial charge in [-0.15, -0.1) is 0 Å². The molecular weight excluding hydrogens is 488 g/mol. The van der Waals surface area contributed by atoms with Crippen LogP contribution < -0.4 is 21.7 Å². The van der Waals surface area contributed by atoms with Crippen molar-refractivity contribution in [3.8, 4) is 0 Å². The number of hydrogen-bond acceptors (Lipinski definition) is 6. The summed E-state index contributed by atoms with van der Waals surface area (Å²) in [6.45, 7) is 0. The van der Waals surface area contributed by atoms with Crippen LogP contribution in [0.25, 0.3) is 0 Å². The van der Waals surface area contributed by atoms with Crippen LogP contribution in [0, 0.1) is 11.6 Å². The van der Waals surface area contributed by atoms with Gasteiger partial charge in [0.1, 0.15) is 22.6 Å². The van der Waals surface area contributed by atoms with E-state index in [0.29, 0.717) is 17.1 Å². The lowest BCUT2D eigenvalue weighted by Crippen LogP contribution is -2.47. The van der Waals surface area contributed by atoms with Crippen LogP contribution in [0.4, 0.5) is 20.2 Å². The van der Waals surface area contributed by atoms with Crippen molar-refractivity contribution in [2.24, 2.45) is 5.73 Å². The quantitative estimate of drug-likeness (QED) is 0.440. The molecule has 8 nitrogen and oxygen atoms in total. The highest BCUT2D eigenvalue weighted by Crippen LogP contribution is 2.34. The van der Waals surface area contributed by atoms with Crippen LogP contribution >= 0.6 is 11.5 Å². The minimum Gasteiger partial charge on any atom is -0.395 e. The average molecular weight is 514 g/mol. The van der Waals surface area contributed by atoms with Crippen molar-refractivity contribution in [2.45, 2.75) is 44.2 Å². The third-order valence-electron chi connectivity index (χ3n) is 6.12. The lowest BCUT2D eigenvalue weighted by molar-refractivity contribution is -0.123. The molecule has 1 aliphatic rings. The van der Waals surface area contributed by atoms with E-state index in [4.69, 9.17) is 11.5 Å². The Balaban J connectivity index is 1.83. The minimum absolute atomic E-state index is 0.0747. The molecule has 188 valence electrons. The summed E-state index contributed by atoms with van der Waals surface area (Å²) in [4.78, 5) is 40.3. The zero-order valence-corrected chi connectivity index (χ0v) is 20.1. The van der Waals surface area contributed by atoms with Gasteiger partial charge in [-0.3, -0.25) is 19.3 Å². The highest BCUT2D eigenvalue weighted by atomic mass is 32.1. The van der Waals surface area contributed by atoms with E-state index in [2.05, 4.69) is 9.69 Å². The predicted octanol–water partition coefficient (Wildman–Crippen LogP) is 3.94. The fraction of sp³-hybridized carbons (Fsp3) is 0.280. The number of halogens is 2. The van der Waals surface area contributed by atoms with Crippen LogP contribution in [0.2, 0.25) is 0 Å². The van der Waals surface area contributed by atoms with Crippen LogP contribution in [-0.4, -0.2) is 28.1 Å². The van der Waals surface area contributed by atoms with Gasteiger partial charge in [0.15, 0.2) is 5.69 Å². The van der Waals surface area contributed by atoms with Gasteiger partial charge in [0.05, 0.1) is 5.69 Å². The third-order valence-corrected chi connectivity index (χ3v) is 6.97. The van der Waals surface area contributed by atoms with Crippen molar-refractivity contribution < 1.29 is 23.2 Å². The number of carbonyl (C=O) groups is 3. The summed E-state index contributed by atoms with van der Waals surface area (Å²) < 4.78 is 31.4. The number of nitrogens with one attached hydrogen (secondary N) is 1. The second-order valence-corrected chi connectivity index (χ2v) is 9.36. The predicted molar refractivity (Wildman–Crippen MR) is 132 cm³/mol. The van der Waals surface area contributed by atoms with Crippen molar-refractivity contribution in [1.82, 2.24) is 9.69 Å². The van der Waals surface area contributed by atoms with Crippen molar-refractivity contribution in [2.75, 3.05) is 10.6 Å². The van der Waals surface area contributed by atoms with E-state index in [1.165, 1.54) is 36.4 Å². The molecule has 1 heterocycles. The van der Waals surface area contributed by atoms with Crippen LogP contribution in [0.5, 0.6) is 0 Å². The van der Waals surface area contributed by atoms with E-state index in [1.54, 1.807) is 0 Å². The molecular formula is C25H25F2N5O3S. The Hall–Kier alpha value is -3.86. The number of anilines is 2. The molecule has 1 fully saturated rings. The highest BCUT2D eigenvalue weighted by molar-refractivity contribution is 7.09. The third kappa shape index (κ3) is 5.35. The smallest absolute Gasteiger partial charge is 0.273 e. The highest BCUT2D eigenvalue weighted by Gasteiger charge is 2.37. The first-order valence-electron chi connectivity index (χ1n) is 11.5. The van der Waals surface area contributed by atoms with E-state index < -0.39 is 35.4 Å². The zero-order valence-electron chi connectivity index (χ0n) is 19.2. The molecule has 3 amide bonds. The van der Waals surface area contributed by atoms with Crippen molar-refractivity contribution in [3.63, 3.8) is 0 Å². The Morgan fingerprint density at radius 2 is 1.56 bits per heavy atom. The summed E-state index contributed by atoms with van der Waals surface area (Å²) in [5.74, 6) is -3.17. The summed E-state index contributed by atoms with van der Waals surface area (Å²) in [5, 5.41) is 3.02. The zero-order chi connectivity index (χ0) is 25.8. The number of amides is 3. The average Bonchev–Trinajstić information content (AvgIpc) is 3.26. The standard InChI is InChI=1S/C25H25F2N5O3S/c26-15-8-6-14(7-9-15)21(24(34)30-17-4-2-1-3-5-17)32(18-12-10-16(27)11-13-18)25(35)22-19(28)20(23(29)33)31-36-22/h6-13,17,21H,1-5,28H2,(H2,29,33)(H,30,34)/t21-/m0/s1. The number of benzene rings is 2. The van der Waals surface area contributed by atoms with E-state index in [1.807, 2.05) is 0 Å². The Morgan fingerprint density at radius 3 is 2.11 bits per heavy atom. The first-order chi connectivity index (χ1) is 17.3. The number of rotatable bonds is 7. The molecule has 0 saturated heterocycles. The fourth-order valence-electron chi connectivity index (χ4n) is 4.31. The summed E-state index contributed by atoms with van der Waals surface area (Å²) in [6.07, 6.45) is 4.63. The van der Waals surface area contributed by atoms with Gasteiger partial charge in [0, 0.05) is 11.7 Å². The normalized spacial score (nSPS) is 14.7. The molecule has 11 heteroatoms. The molecule has 0 radical (unpaired) electrons. The largest absolute Gasteiger partial charge is 0.395 e. The van der Waals surface area contributed by atoms with Crippen LogP contribution in [0.1, 0.15) is 63.9 Å². The summed E-state index contributed by atoms with van der Waals surface area (Å²) in [5.41, 5.74) is 11.4. The number of carbonyl (C=O) groups excluding carboxylic acids is 3. The molecule has 0 unspecified atom stereocenters. The lowest BCUT2D eigenvalue weighted by Gasteiger charge is -2.33. The maximum atomic E-state index is 13.9. The lowest BCUT2D eigenvalue weighted by atomic mass is 9.94. The molecule has 1 aromatic heterocycles. The first-order valence-corrected chi connectivity index (χ1v) is 12.2. The van der Waals surface area contributed by atoms with E-state index in [9.17, 15) is 23.2 Å². The molecule has 36 heavy (non-hydrogen) atoms. The number of hydrogen-bond donors (Lipinski definition) is 3. The molecule has 1 aliphatic carbocycles. The van der Waals surface area contributed by atoms with Crippen molar-refractivity contribution in [1.29, 1.82) is 0 Å². The Kier molecular flexibility index (Phi) is 7.58. The van der Waals surface area contributed by atoms with Gasteiger partial charge in [-0.05, 0) is 66.3 Å². The van der Waals surface area contributed by atoms with Gasteiger partial charge < -0.3 is 16.8 Å². The monoisotopic (exact) mass is 513 g/mol. The van der Waals surface area contributed by atoms with Crippen LogP contribution in [0.3, 0.4) is 0 Å². The van der Waals surface area contributed by atoms with E-state index in [0.717, 1.165) is 49.1 Å². The summed E-state index contributed by atoms with van der Waals surface area (Å²) in [6, 6.07) is 8.89. The molecule has 5 N–H and O–H groups in total. The molecule has 4 rings (SSSR count). The Morgan fingerprint density at radius 1 is 0.972 bits per heavy atom. The van der Waals surface area contributed by atoms with Gasteiger partial charge in [-0.25, -0.2) is 8.78 Å². The molecule has 2 aromatic carbocycles. The van der Waals surface area contributed by atoms with Gasteiger partial charge in [-0.2, -0.15) is 4.37 Å². The van der Waals surface area contributed by atoms with Crippen molar-refractivity contribution in [3.05, 3.63) is 76.3 Å². The fourth-order valence-corrected chi connectivity index (χ4v) is 5.06. The number of aromatic nitrogens is 1. The number of primary amides is 1. The minimum atomic E-state index is -1.25. The number of nitrogens with two attached hydrogens (primary N) is 2. The SMILES string of the molecule is NC(=O)c1nsc(C(=O)N(c2ccc(F)cc2)[C@H](C(=O)NC2CCCCC2)c2ccc(F)cc2)c1N. The molecule has 1 saturated carbocycles. The second kappa shape index (κ2) is 10.8. The van der Waals surface area contributed by atoms with Crippen LogP contribution in [0.15, 0.2) is 48.5 Å². The summed E-state index contributed by atoms with van der Waals surface area (Å²) in [7, 11) is 0. The van der Waals surface area contributed by atoms with Gasteiger partial charge in [0.25, 0.3) is 11.8 Å². The van der Waals surface area contributed by atoms with Gasteiger partial charge in [0.2, 0.25) is 5.91 Å². The topological polar surface area (TPSA) is 131 Å². The molecule has 0 aliphatic heterocycles. The van der Waals surface area contributed by atoms with Gasteiger partial charge >= 0.3 is 0 Å². The maximum absolute atomic E-state index is 13.9. The Labute approximate surface area is 210 Å². The Bertz CT molecular complexity index is 1260. The number of nitrogens with zero attached hydrogens (tertiary/aromatic N) is 2. The van der Waals surface area contributed by atoms with Gasteiger partial charge in [-0.1, -0.05) is 31.4 Å². The molecule has 0 spiro atoms. The van der Waals surface area contributed by atoms with E-state index >= 15 is 0 Å². The first kappa shape index (κ1) is 25.2. The number of nitrogen functional groups attached to an aromatic ring is 1. The van der Waals surface area contributed by atoms with E-state index in [-0.39, 0.29) is 28.0 Å². The van der Waals surface area contributed by atoms with Crippen molar-refractivity contribution >= 4 is 40.6 Å². The molecule has 0 bridgehead atoms. The summed E-state index contributed by atoms with van der Waals surface area (Å²) >= 11 is 0.668. The second-order valence-electron chi connectivity index (χ2n) is 8.59. The van der Waals surface area contributed by atoms with Crippen LogP contribution in [-0.2, 0) is 4.79 Å².